The first kappa shape index (κ1) is 17.5. The summed E-state index contributed by atoms with van der Waals surface area (Å²) in [6.45, 7) is 1.61. The second-order valence-electron chi connectivity index (χ2n) is 5.31. The number of halogens is 1. The van der Waals surface area contributed by atoms with E-state index in [9.17, 15) is 14.9 Å². The van der Waals surface area contributed by atoms with Crippen LogP contribution in [0, 0.1) is 17.0 Å². The molecular formula is C15H12BrN7O3. The SMILES string of the molecule is Cc1ccc(N(C(N)=O)c2ccc(Br)cc2-c2nnn[nH]2)cc1[N+](=O)[O-]. The van der Waals surface area contributed by atoms with Crippen LogP contribution in [0.3, 0.4) is 0 Å². The van der Waals surface area contributed by atoms with Gasteiger partial charge in [0.25, 0.3) is 5.69 Å². The number of amides is 2. The van der Waals surface area contributed by atoms with E-state index >= 15 is 0 Å². The minimum absolute atomic E-state index is 0.117. The molecule has 0 spiro atoms. The number of nitrogens with two attached hydrogens (primary N) is 1. The largest absolute Gasteiger partial charge is 0.351 e. The summed E-state index contributed by atoms with van der Waals surface area (Å²) in [5.41, 5.74) is 7.04. The van der Waals surface area contributed by atoms with Gasteiger partial charge >= 0.3 is 6.03 Å². The molecule has 1 heterocycles. The lowest BCUT2D eigenvalue weighted by atomic mass is 10.1. The monoisotopic (exact) mass is 417 g/mol. The van der Waals surface area contributed by atoms with E-state index in [1.807, 2.05) is 0 Å². The zero-order valence-corrected chi connectivity index (χ0v) is 15.0. The Hall–Kier alpha value is -3.34. The molecule has 0 saturated carbocycles. The third-order valence-electron chi connectivity index (χ3n) is 3.67. The first-order chi connectivity index (χ1) is 12.4. The first-order valence-electron chi connectivity index (χ1n) is 7.26. The Morgan fingerprint density at radius 2 is 2.08 bits per heavy atom. The van der Waals surface area contributed by atoms with Crippen LogP contribution in [0.15, 0.2) is 40.9 Å². The molecule has 3 rings (SSSR count). The molecule has 11 heteroatoms. The number of hydrogen-bond acceptors (Lipinski definition) is 6. The van der Waals surface area contributed by atoms with Gasteiger partial charge in [0.1, 0.15) is 0 Å². The van der Waals surface area contributed by atoms with E-state index in [2.05, 4.69) is 36.6 Å². The summed E-state index contributed by atoms with van der Waals surface area (Å²) in [6.07, 6.45) is 0. The highest BCUT2D eigenvalue weighted by molar-refractivity contribution is 9.10. The smallest absolute Gasteiger partial charge is 0.323 e. The van der Waals surface area contributed by atoms with Gasteiger partial charge in [-0.3, -0.25) is 15.0 Å². The number of benzene rings is 2. The van der Waals surface area contributed by atoms with Crippen molar-refractivity contribution < 1.29 is 9.72 Å². The lowest BCUT2D eigenvalue weighted by Crippen LogP contribution is -2.32. The molecule has 0 fully saturated rings. The number of carbonyl (C=O) groups is 1. The van der Waals surface area contributed by atoms with Gasteiger partial charge in [-0.2, -0.15) is 0 Å². The van der Waals surface area contributed by atoms with Crippen LogP contribution in [-0.4, -0.2) is 31.6 Å². The number of hydrogen-bond donors (Lipinski definition) is 2. The maximum absolute atomic E-state index is 12.2. The van der Waals surface area contributed by atoms with Gasteiger partial charge in [0.2, 0.25) is 0 Å². The summed E-state index contributed by atoms with van der Waals surface area (Å²) in [7, 11) is 0. The van der Waals surface area contributed by atoms with Crippen LogP contribution >= 0.6 is 15.9 Å². The van der Waals surface area contributed by atoms with Crippen molar-refractivity contribution in [1.29, 1.82) is 0 Å². The Kier molecular flexibility index (Phi) is 4.63. The Morgan fingerprint density at radius 3 is 2.69 bits per heavy atom. The average Bonchev–Trinajstić information content (AvgIpc) is 3.11. The molecule has 0 atom stereocenters. The van der Waals surface area contributed by atoms with E-state index in [1.54, 1.807) is 37.3 Å². The van der Waals surface area contributed by atoms with Crippen LogP contribution in [0.25, 0.3) is 11.4 Å². The van der Waals surface area contributed by atoms with Crippen LogP contribution in [0.1, 0.15) is 5.56 Å². The zero-order valence-electron chi connectivity index (χ0n) is 13.4. The number of anilines is 2. The molecule has 0 aliphatic rings. The molecular weight excluding hydrogens is 406 g/mol. The molecule has 2 aromatic carbocycles. The van der Waals surface area contributed by atoms with Crippen molar-refractivity contribution in [2.24, 2.45) is 5.73 Å². The Morgan fingerprint density at radius 1 is 1.31 bits per heavy atom. The van der Waals surface area contributed by atoms with E-state index in [1.165, 1.54) is 6.07 Å². The second kappa shape index (κ2) is 6.88. The normalized spacial score (nSPS) is 10.5. The molecule has 0 aliphatic heterocycles. The lowest BCUT2D eigenvalue weighted by molar-refractivity contribution is -0.385. The van der Waals surface area contributed by atoms with Crippen molar-refractivity contribution in [3.8, 4) is 11.4 Å². The first-order valence-corrected chi connectivity index (χ1v) is 8.06. The lowest BCUT2D eigenvalue weighted by Gasteiger charge is -2.23. The fourth-order valence-corrected chi connectivity index (χ4v) is 2.85. The topological polar surface area (TPSA) is 144 Å². The van der Waals surface area contributed by atoms with Crippen molar-refractivity contribution in [3.63, 3.8) is 0 Å². The van der Waals surface area contributed by atoms with Crippen LogP contribution in [0.5, 0.6) is 0 Å². The number of aromatic nitrogens is 4. The van der Waals surface area contributed by atoms with Gasteiger partial charge in [0.15, 0.2) is 5.82 Å². The van der Waals surface area contributed by atoms with E-state index in [0.29, 0.717) is 22.6 Å². The number of H-pyrrole nitrogens is 1. The number of urea groups is 1. The minimum atomic E-state index is -0.806. The third kappa shape index (κ3) is 3.24. The number of rotatable bonds is 4. The highest BCUT2D eigenvalue weighted by atomic mass is 79.9. The highest BCUT2D eigenvalue weighted by Gasteiger charge is 2.23. The van der Waals surface area contributed by atoms with Crippen LogP contribution in [0.4, 0.5) is 21.9 Å². The summed E-state index contributed by atoms with van der Waals surface area (Å²) < 4.78 is 0.729. The molecule has 26 heavy (non-hydrogen) atoms. The fourth-order valence-electron chi connectivity index (χ4n) is 2.48. The number of nitrogens with zero attached hydrogens (tertiary/aromatic N) is 5. The molecule has 0 aliphatic carbocycles. The van der Waals surface area contributed by atoms with Gasteiger partial charge in [0, 0.05) is 21.7 Å². The molecule has 0 saturated heterocycles. The Labute approximate surface area is 155 Å². The summed E-state index contributed by atoms with van der Waals surface area (Å²) in [4.78, 5) is 24.1. The number of primary amides is 1. The molecule has 0 radical (unpaired) electrons. The standard InChI is InChI=1S/C15H12BrN7O3/c1-8-2-4-10(7-13(8)23(25)26)22(15(17)24)12-5-3-9(16)6-11(12)14-18-20-21-19-14/h2-7H,1H3,(H2,17,24)(H,18,19,20,21). The zero-order chi connectivity index (χ0) is 18.8. The Balaban J connectivity index is 2.21. The number of nitro groups is 1. The Bertz CT molecular complexity index is 991. The maximum atomic E-state index is 12.2. The van der Waals surface area contributed by atoms with Crippen molar-refractivity contribution in [3.05, 3.63) is 56.5 Å². The number of aryl methyl sites for hydroxylation is 1. The number of nitro benzene ring substituents is 1. The number of carbonyl (C=O) groups excluding carboxylic acids is 1. The van der Waals surface area contributed by atoms with Gasteiger partial charge in [-0.1, -0.05) is 22.0 Å². The molecule has 10 nitrogen and oxygen atoms in total. The van der Waals surface area contributed by atoms with E-state index in [0.717, 1.165) is 9.37 Å². The molecule has 1 aromatic heterocycles. The molecule has 3 N–H and O–H groups in total. The predicted octanol–water partition coefficient (Wildman–Crippen LogP) is 3.06. The molecule has 0 unspecified atom stereocenters. The number of aromatic amines is 1. The maximum Gasteiger partial charge on any atom is 0.323 e. The van der Waals surface area contributed by atoms with Crippen LogP contribution < -0.4 is 10.6 Å². The quantitative estimate of drug-likeness (QED) is 0.492. The van der Waals surface area contributed by atoms with E-state index in [-0.39, 0.29) is 11.4 Å². The summed E-state index contributed by atoms with van der Waals surface area (Å²) in [6, 6.07) is 8.68. The fraction of sp³-hybridized carbons (Fsp3) is 0.0667. The molecule has 2 amide bonds. The summed E-state index contributed by atoms with van der Waals surface area (Å²) in [5.74, 6) is 0.314. The number of tetrazole rings is 1. The van der Waals surface area contributed by atoms with E-state index in [4.69, 9.17) is 5.73 Å². The van der Waals surface area contributed by atoms with Crippen LogP contribution in [0.2, 0.25) is 0 Å². The number of nitrogens with one attached hydrogen (secondary N) is 1. The highest BCUT2D eigenvalue weighted by Crippen LogP contribution is 2.37. The van der Waals surface area contributed by atoms with Gasteiger partial charge in [-0.05, 0) is 41.6 Å². The van der Waals surface area contributed by atoms with Gasteiger partial charge < -0.3 is 5.73 Å². The third-order valence-corrected chi connectivity index (χ3v) is 4.16. The molecule has 0 bridgehead atoms. The second-order valence-corrected chi connectivity index (χ2v) is 6.23. The minimum Gasteiger partial charge on any atom is -0.351 e. The van der Waals surface area contributed by atoms with Crippen molar-refractivity contribution in [1.82, 2.24) is 20.6 Å². The summed E-state index contributed by atoms with van der Waals surface area (Å²) >= 11 is 3.36. The molecule has 3 aromatic rings. The van der Waals surface area contributed by atoms with Gasteiger partial charge in [0.05, 0.1) is 16.3 Å². The average molecular weight is 418 g/mol. The summed E-state index contributed by atoms with van der Waals surface area (Å²) in [5, 5.41) is 24.8. The van der Waals surface area contributed by atoms with Gasteiger partial charge in [-0.15, -0.1) is 5.10 Å². The van der Waals surface area contributed by atoms with Gasteiger partial charge in [-0.25, -0.2) is 9.89 Å². The van der Waals surface area contributed by atoms with Crippen molar-refractivity contribution in [2.75, 3.05) is 4.90 Å². The van der Waals surface area contributed by atoms with Crippen LogP contribution in [-0.2, 0) is 0 Å². The van der Waals surface area contributed by atoms with Crippen molar-refractivity contribution in [2.45, 2.75) is 6.92 Å². The molecule has 132 valence electrons. The van der Waals surface area contributed by atoms with Crippen molar-refractivity contribution >= 4 is 39.0 Å². The van der Waals surface area contributed by atoms with E-state index < -0.39 is 11.0 Å². The predicted molar refractivity (Wildman–Crippen MR) is 96.9 cm³/mol.